The van der Waals surface area contributed by atoms with E-state index in [-0.39, 0.29) is 11.8 Å². The maximum atomic E-state index is 12.4. The molecule has 5 rings (SSSR count). The minimum Gasteiger partial charge on any atom is -0.381 e. The third-order valence-corrected chi connectivity index (χ3v) is 6.61. The number of carbonyl (C=O) groups is 1. The molecule has 3 aliphatic rings. The van der Waals surface area contributed by atoms with Crippen molar-refractivity contribution in [1.82, 2.24) is 14.7 Å². The van der Waals surface area contributed by atoms with Crippen molar-refractivity contribution in [2.45, 2.75) is 44.2 Å². The predicted octanol–water partition coefficient (Wildman–Crippen LogP) is 2.66. The van der Waals surface area contributed by atoms with Gasteiger partial charge in [0.15, 0.2) is 0 Å². The molecule has 2 aliphatic heterocycles. The summed E-state index contributed by atoms with van der Waals surface area (Å²) in [6.45, 7) is 3.39. The summed E-state index contributed by atoms with van der Waals surface area (Å²) in [5, 5.41) is 7.60. The van der Waals surface area contributed by atoms with Crippen molar-refractivity contribution in [2.24, 2.45) is 5.92 Å². The van der Waals surface area contributed by atoms with Crippen LogP contribution >= 0.6 is 0 Å². The Balaban J connectivity index is 1.19. The first-order chi connectivity index (χ1) is 13.8. The second-order valence-electron chi connectivity index (χ2n) is 8.31. The molecule has 148 valence electrons. The van der Waals surface area contributed by atoms with Crippen molar-refractivity contribution >= 4 is 11.7 Å². The molecule has 0 bridgehead atoms. The van der Waals surface area contributed by atoms with Crippen LogP contribution in [0.1, 0.15) is 36.4 Å². The Bertz CT molecular complexity index is 810. The second-order valence-corrected chi connectivity index (χ2v) is 8.31. The standard InChI is InChI=1S/C22H28N4O2/c27-22(18-8-12-28-15-18)24-21-5-9-23-26(21)19-6-10-25(11-7-19)20-13-16-3-1-2-4-17(16)14-20/h1-5,9,18-20H,6-8,10-15H2,(H,24,27)/t18-/m0/s1. The maximum absolute atomic E-state index is 12.4. The van der Waals surface area contributed by atoms with Gasteiger partial charge in [-0.3, -0.25) is 9.69 Å². The van der Waals surface area contributed by atoms with E-state index in [2.05, 4.69) is 39.6 Å². The van der Waals surface area contributed by atoms with E-state index in [1.54, 1.807) is 6.20 Å². The van der Waals surface area contributed by atoms with Crippen LogP contribution in [0.3, 0.4) is 0 Å². The van der Waals surface area contributed by atoms with Crippen LogP contribution in [0.25, 0.3) is 0 Å². The van der Waals surface area contributed by atoms with Crippen molar-refractivity contribution in [3.05, 3.63) is 47.7 Å². The highest BCUT2D eigenvalue weighted by Gasteiger charge is 2.31. The molecular weight excluding hydrogens is 352 g/mol. The lowest BCUT2D eigenvalue weighted by molar-refractivity contribution is -0.119. The van der Waals surface area contributed by atoms with Gasteiger partial charge in [0.25, 0.3) is 0 Å². The average molecular weight is 380 g/mol. The van der Waals surface area contributed by atoms with Crippen LogP contribution in [0, 0.1) is 5.92 Å². The van der Waals surface area contributed by atoms with Crippen molar-refractivity contribution < 1.29 is 9.53 Å². The summed E-state index contributed by atoms with van der Waals surface area (Å²) < 4.78 is 7.36. The molecule has 0 radical (unpaired) electrons. The quantitative estimate of drug-likeness (QED) is 0.886. The lowest BCUT2D eigenvalue weighted by atomic mass is 10.0. The van der Waals surface area contributed by atoms with Gasteiger partial charge >= 0.3 is 0 Å². The Kier molecular flexibility index (Phi) is 4.91. The smallest absolute Gasteiger partial charge is 0.231 e. The summed E-state index contributed by atoms with van der Waals surface area (Å²) in [6.07, 6.45) is 7.09. The Morgan fingerprint density at radius 1 is 1.04 bits per heavy atom. The number of likely N-dealkylation sites (tertiary alicyclic amines) is 1. The first kappa shape index (κ1) is 17.9. The van der Waals surface area contributed by atoms with Gasteiger partial charge in [-0.2, -0.15) is 5.10 Å². The summed E-state index contributed by atoms with van der Waals surface area (Å²) in [5.41, 5.74) is 3.03. The number of amides is 1. The molecule has 6 nitrogen and oxygen atoms in total. The van der Waals surface area contributed by atoms with Crippen LogP contribution in [0.5, 0.6) is 0 Å². The minimum absolute atomic E-state index is 0.0332. The highest BCUT2D eigenvalue weighted by Crippen LogP contribution is 2.31. The average Bonchev–Trinajstić information content (AvgIpc) is 3.48. The van der Waals surface area contributed by atoms with Gasteiger partial charge < -0.3 is 10.1 Å². The predicted molar refractivity (Wildman–Crippen MR) is 107 cm³/mol. The molecule has 0 saturated carbocycles. The van der Waals surface area contributed by atoms with E-state index in [4.69, 9.17) is 4.74 Å². The number of piperidine rings is 1. The van der Waals surface area contributed by atoms with Crippen LogP contribution < -0.4 is 5.32 Å². The fourth-order valence-corrected chi connectivity index (χ4v) is 4.96. The highest BCUT2D eigenvalue weighted by molar-refractivity contribution is 5.92. The van der Waals surface area contributed by atoms with Crippen molar-refractivity contribution in [1.29, 1.82) is 0 Å². The van der Waals surface area contributed by atoms with Gasteiger partial charge in [0.05, 0.1) is 24.8 Å². The molecule has 2 fully saturated rings. The van der Waals surface area contributed by atoms with Crippen LogP contribution in [0.2, 0.25) is 0 Å². The zero-order valence-corrected chi connectivity index (χ0v) is 16.2. The fraction of sp³-hybridized carbons (Fsp3) is 0.545. The molecule has 1 aromatic carbocycles. The van der Waals surface area contributed by atoms with E-state index in [1.807, 2.05) is 10.7 Å². The van der Waals surface area contributed by atoms with Crippen LogP contribution in [-0.2, 0) is 22.4 Å². The largest absolute Gasteiger partial charge is 0.381 e. The molecule has 3 heterocycles. The minimum atomic E-state index is -0.0332. The van der Waals surface area contributed by atoms with Gasteiger partial charge in [0.1, 0.15) is 5.82 Å². The Morgan fingerprint density at radius 2 is 1.79 bits per heavy atom. The van der Waals surface area contributed by atoms with E-state index < -0.39 is 0 Å². The molecule has 28 heavy (non-hydrogen) atoms. The first-order valence-electron chi connectivity index (χ1n) is 10.5. The number of carbonyl (C=O) groups excluding carboxylic acids is 1. The lowest BCUT2D eigenvalue weighted by Gasteiger charge is -2.36. The van der Waals surface area contributed by atoms with Crippen LogP contribution in [-0.4, -0.2) is 52.9 Å². The molecule has 1 aliphatic carbocycles. The number of ether oxygens (including phenoxy) is 1. The third kappa shape index (κ3) is 3.47. The summed E-state index contributed by atoms with van der Waals surface area (Å²) in [4.78, 5) is 15.1. The van der Waals surface area contributed by atoms with E-state index in [1.165, 1.54) is 24.0 Å². The van der Waals surface area contributed by atoms with E-state index in [0.717, 1.165) is 38.2 Å². The van der Waals surface area contributed by atoms with Gasteiger partial charge in [-0.05, 0) is 43.2 Å². The monoisotopic (exact) mass is 380 g/mol. The third-order valence-electron chi connectivity index (χ3n) is 6.61. The van der Waals surface area contributed by atoms with E-state index in [0.29, 0.717) is 25.3 Å². The van der Waals surface area contributed by atoms with E-state index in [9.17, 15) is 4.79 Å². The van der Waals surface area contributed by atoms with Gasteiger partial charge in [-0.15, -0.1) is 0 Å². The molecule has 0 spiro atoms. The Labute approximate surface area is 165 Å². The van der Waals surface area contributed by atoms with E-state index >= 15 is 0 Å². The van der Waals surface area contributed by atoms with Crippen LogP contribution in [0.15, 0.2) is 36.5 Å². The molecule has 1 amide bonds. The lowest BCUT2D eigenvalue weighted by Crippen LogP contribution is -2.42. The molecule has 1 atom stereocenters. The normalized spacial score (nSPS) is 23.8. The molecule has 0 unspecified atom stereocenters. The summed E-state index contributed by atoms with van der Waals surface area (Å²) in [7, 11) is 0. The number of aromatic nitrogens is 2. The number of rotatable bonds is 4. The molecule has 1 N–H and O–H groups in total. The Morgan fingerprint density at radius 3 is 2.46 bits per heavy atom. The van der Waals surface area contributed by atoms with Gasteiger partial charge in [-0.1, -0.05) is 24.3 Å². The molecular formula is C22H28N4O2. The van der Waals surface area contributed by atoms with Crippen molar-refractivity contribution in [2.75, 3.05) is 31.6 Å². The summed E-state index contributed by atoms with van der Waals surface area (Å²) >= 11 is 0. The SMILES string of the molecule is O=C(Nc1ccnn1C1CCN(C2Cc3ccccc3C2)CC1)[C@H]1CCOC1. The molecule has 2 saturated heterocycles. The number of hydrogen-bond donors (Lipinski definition) is 1. The topological polar surface area (TPSA) is 59.4 Å². The first-order valence-corrected chi connectivity index (χ1v) is 10.5. The van der Waals surface area contributed by atoms with Crippen molar-refractivity contribution in [3.63, 3.8) is 0 Å². The number of hydrogen-bond acceptors (Lipinski definition) is 4. The zero-order valence-electron chi connectivity index (χ0n) is 16.2. The fourth-order valence-electron chi connectivity index (χ4n) is 4.96. The number of fused-ring (bicyclic) bond motifs is 1. The molecule has 6 heteroatoms. The highest BCUT2D eigenvalue weighted by atomic mass is 16.5. The zero-order chi connectivity index (χ0) is 18.9. The van der Waals surface area contributed by atoms with Gasteiger partial charge in [-0.25, -0.2) is 4.68 Å². The molecule has 2 aromatic rings. The number of benzene rings is 1. The van der Waals surface area contributed by atoms with Gasteiger partial charge in [0, 0.05) is 31.8 Å². The second kappa shape index (κ2) is 7.68. The van der Waals surface area contributed by atoms with Crippen LogP contribution in [0.4, 0.5) is 5.82 Å². The summed E-state index contributed by atoms with van der Waals surface area (Å²) in [6, 6.07) is 11.7. The molecule has 1 aromatic heterocycles. The Hall–Kier alpha value is -2.18. The van der Waals surface area contributed by atoms with Crippen molar-refractivity contribution in [3.8, 4) is 0 Å². The summed E-state index contributed by atoms with van der Waals surface area (Å²) in [5.74, 6) is 0.846. The maximum Gasteiger partial charge on any atom is 0.231 e. The van der Waals surface area contributed by atoms with Gasteiger partial charge in [0.2, 0.25) is 5.91 Å². The number of nitrogens with zero attached hydrogens (tertiary/aromatic N) is 3. The number of nitrogens with one attached hydrogen (secondary N) is 1. The number of anilines is 1.